The summed E-state index contributed by atoms with van der Waals surface area (Å²) in [6.45, 7) is 2.09. The van der Waals surface area contributed by atoms with Crippen molar-refractivity contribution in [3.8, 4) is 0 Å². The van der Waals surface area contributed by atoms with E-state index in [4.69, 9.17) is 5.73 Å². The van der Waals surface area contributed by atoms with Crippen LogP contribution in [0, 0.1) is 5.92 Å². The highest BCUT2D eigenvalue weighted by Crippen LogP contribution is 2.24. The summed E-state index contributed by atoms with van der Waals surface area (Å²) in [4.78, 5) is 0. The first-order valence-corrected chi connectivity index (χ1v) is 9.08. The maximum absolute atomic E-state index is 11.7. The van der Waals surface area contributed by atoms with Crippen molar-refractivity contribution in [1.82, 2.24) is 8.87 Å². The van der Waals surface area contributed by atoms with Gasteiger partial charge in [-0.05, 0) is 42.3 Å². The van der Waals surface area contributed by atoms with Gasteiger partial charge in [0.15, 0.2) is 0 Å². The molecule has 21 heavy (non-hydrogen) atoms. The van der Waals surface area contributed by atoms with E-state index >= 15 is 0 Å². The molecule has 1 fully saturated rings. The Bertz CT molecular complexity index is 751. The van der Waals surface area contributed by atoms with Crippen molar-refractivity contribution in [3.05, 3.63) is 30.5 Å². The Morgan fingerprint density at radius 2 is 2.14 bits per heavy atom. The van der Waals surface area contributed by atoms with Gasteiger partial charge in [-0.25, -0.2) is 12.7 Å². The van der Waals surface area contributed by atoms with Crippen LogP contribution in [-0.2, 0) is 16.6 Å². The highest BCUT2D eigenvalue weighted by Gasteiger charge is 2.26. The molecule has 1 aliphatic heterocycles. The van der Waals surface area contributed by atoms with E-state index in [9.17, 15) is 8.42 Å². The zero-order valence-corrected chi connectivity index (χ0v) is 13.0. The predicted molar refractivity (Wildman–Crippen MR) is 85.5 cm³/mol. The summed E-state index contributed by atoms with van der Waals surface area (Å²) < 4.78 is 27.2. The molecule has 0 aliphatic carbocycles. The molecule has 6 heteroatoms. The van der Waals surface area contributed by atoms with Crippen LogP contribution >= 0.6 is 0 Å². The summed E-state index contributed by atoms with van der Waals surface area (Å²) in [7, 11) is -3.08. The number of rotatable bonds is 3. The Labute approximate surface area is 125 Å². The number of aromatic nitrogens is 1. The van der Waals surface area contributed by atoms with Crippen LogP contribution in [0.5, 0.6) is 0 Å². The van der Waals surface area contributed by atoms with Gasteiger partial charge in [0, 0.05) is 31.5 Å². The molecule has 0 spiro atoms. The number of piperidine rings is 1. The molecule has 2 aromatic rings. The molecule has 114 valence electrons. The second kappa shape index (κ2) is 5.35. The molecule has 1 aromatic heterocycles. The fourth-order valence-electron chi connectivity index (χ4n) is 3.12. The van der Waals surface area contributed by atoms with Crippen LogP contribution in [-0.4, -0.2) is 36.6 Å². The Balaban J connectivity index is 1.80. The van der Waals surface area contributed by atoms with Crippen LogP contribution in [0.1, 0.15) is 12.8 Å². The van der Waals surface area contributed by atoms with Crippen LogP contribution in [0.15, 0.2) is 30.5 Å². The van der Waals surface area contributed by atoms with Crippen LogP contribution in [0.4, 0.5) is 5.69 Å². The van der Waals surface area contributed by atoms with Crippen molar-refractivity contribution in [2.45, 2.75) is 19.4 Å². The van der Waals surface area contributed by atoms with Crippen molar-refractivity contribution < 1.29 is 8.42 Å². The lowest BCUT2D eigenvalue weighted by atomic mass is 9.99. The number of nitrogen functional groups attached to an aromatic ring is 1. The van der Waals surface area contributed by atoms with Gasteiger partial charge in [-0.2, -0.15) is 0 Å². The second-order valence-electron chi connectivity index (χ2n) is 5.92. The summed E-state index contributed by atoms with van der Waals surface area (Å²) in [5.41, 5.74) is 7.73. The van der Waals surface area contributed by atoms with Crippen LogP contribution in [0.25, 0.3) is 10.9 Å². The summed E-state index contributed by atoms with van der Waals surface area (Å²) in [5, 5.41) is 1.17. The molecule has 0 amide bonds. The van der Waals surface area contributed by atoms with Crippen LogP contribution in [0.3, 0.4) is 0 Å². The van der Waals surface area contributed by atoms with Gasteiger partial charge in [0.1, 0.15) is 0 Å². The third kappa shape index (κ3) is 3.06. The summed E-state index contributed by atoms with van der Waals surface area (Å²) in [6, 6.07) is 7.97. The summed E-state index contributed by atoms with van der Waals surface area (Å²) >= 11 is 0. The van der Waals surface area contributed by atoms with Gasteiger partial charge in [-0.15, -0.1) is 0 Å². The van der Waals surface area contributed by atoms with Crippen molar-refractivity contribution in [2.75, 3.05) is 25.1 Å². The first-order valence-electron chi connectivity index (χ1n) is 7.23. The normalized spacial score (nSPS) is 20.9. The van der Waals surface area contributed by atoms with Crippen molar-refractivity contribution in [1.29, 1.82) is 0 Å². The van der Waals surface area contributed by atoms with Gasteiger partial charge in [0.2, 0.25) is 10.0 Å². The third-order valence-corrected chi connectivity index (χ3v) is 5.47. The SMILES string of the molecule is CS(=O)(=O)N1CCCC(Cn2ccc3ccc(N)cc32)C1. The maximum atomic E-state index is 11.7. The number of sulfonamides is 1. The second-order valence-corrected chi connectivity index (χ2v) is 7.90. The molecule has 1 aliphatic rings. The predicted octanol–water partition coefficient (Wildman–Crippen LogP) is 1.90. The number of hydrogen-bond donors (Lipinski definition) is 1. The molecular formula is C15H21N3O2S. The molecular weight excluding hydrogens is 286 g/mol. The first kappa shape index (κ1) is 14.4. The molecule has 0 radical (unpaired) electrons. The van der Waals surface area contributed by atoms with Crippen molar-refractivity contribution >= 4 is 26.6 Å². The van der Waals surface area contributed by atoms with E-state index < -0.39 is 10.0 Å². The number of fused-ring (bicyclic) bond motifs is 1. The molecule has 0 saturated carbocycles. The van der Waals surface area contributed by atoms with E-state index in [1.807, 2.05) is 18.2 Å². The minimum Gasteiger partial charge on any atom is -0.399 e. The largest absolute Gasteiger partial charge is 0.399 e. The van der Waals surface area contributed by atoms with E-state index in [1.165, 1.54) is 11.6 Å². The molecule has 2 heterocycles. The number of benzene rings is 1. The lowest BCUT2D eigenvalue weighted by Crippen LogP contribution is -2.40. The maximum Gasteiger partial charge on any atom is 0.211 e. The molecule has 1 atom stereocenters. The monoisotopic (exact) mass is 307 g/mol. The average Bonchev–Trinajstić information content (AvgIpc) is 2.81. The number of hydrogen-bond acceptors (Lipinski definition) is 3. The van der Waals surface area contributed by atoms with Gasteiger partial charge >= 0.3 is 0 Å². The molecule has 5 nitrogen and oxygen atoms in total. The van der Waals surface area contributed by atoms with Crippen molar-refractivity contribution in [3.63, 3.8) is 0 Å². The molecule has 3 rings (SSSR count). The fraction of sp³-hybridized carbons (Fsp3) is 0.467. The first-order chi connectivity index (χ1) is 9.93. The highest BCUT2D eigenvalue weighted by molar-refractivity contribution is 7.88. The van der Waals surface area contributed by atoms with Crippen molar-refractivity contribution in [2.24, 2.45) is 5.92 Å². The van der Waals surface area contributed by atoms with Gasteiger partial charge in [0.05, 0.1) is 11.8 Å². The Hall–Kier alpha value is -1.53. The Morgan fingerprint density at radius 3 is 2.90 bits per heavy atom. The minimum absolute atomic E-state index is 0.352. The highest BCUT2D eigenvalue weighted by atomic mass is 32.2. The molecule has 1 aromatic carbocycles. The smallest absolute Gasteiger partial charge is 0.211 e. The van der Waals surface area contributed by atoms with E-state index in [-0.39, 0.29) is 0 Å². The summed E-state index contributed by atoms with van der Waals surface area (Å²) in [5.74, 6) is 0.352. The molecule has 1 saturated heterocycles. The summed E-state index contributed by atoms with van der Waals surface area (Å²) in [6.07, 6.45) is 5.34. The van der Waals surface area contributed by atoms with E-state index in [1.54, 1.807) is 4.31 Å². The molecule has 2 N–H and O–H groups in total. The minimum atomic E-state index is -3.08. The van der Waals surface area contributed by atoms with Gasteiger partial charge in [-0.1, -0.05) is 6.07 Å². The topological polar surface area (TPSA) is 68.3 Å². The molecule has 0 bridgehead atoms. The number of anilines is 1. The van der Waals surface area contributed by atoms with E-state index in [0.717, 1.165) is 30.6 Å². The lowest BCUT2D eigenvalue weighted by molar-refractivity contribution is 0.248. The Kier molecular flexibility index (Phi) is 3.67. The van der Waals surface area contributed by atoms with Crippen LogP contribution in [0.2, 0.25) is 0 Å². The lowest BCUT2D eigenvalue weighted by Gasteiger charge is -2.31. The van der Waals surface area contributed by atoms with E-state index in [0.29, 0.717) is 19.0 Å². The van der Waals surface area contributed by atoms with Crippen LogP contribution < -0.4 is 5.73 Å². The average molecular weight is 307 g/mol. The van der Waals surface area contributed by atoms with Gasteiger partial charge < -0.3 is 10.3 Å². The zero-order valence-electron chi connectivity index (χ0n) is 12.2. The Morgan fingerprint density at radius 1 is 1.33 bits per heavy atom. The third-order valence-electron chi connectivity index (χ3n) is 4.20. The quantitative estimate of drug-likeness (QED) is 0.881. The zero-order chi connectivity index (χ0) is 15.0. The van der Waals surface area contributed by atoms with E-state index in [2.05, 4.69) is 16.8 Å². The number of nitrogens with zero attached hydrogens (tertiary/aromatic N) is 2. The molecule has 1 unspecified atom stereocenters. The number of nitrogens with two attached hydrogens (primary N) is 1. The standard InChI is InChI=1S/C15H21N3O2S/c1-21(19,20)18-7-2-3-12(11-18)10-17-8-6-13-4-5-14(16)9-15(13)17/h4-6,8-9,12H,2-3,7,10-11,16H2,1H3. The fourth-order valence-corrected chi connectivity index (χ4v) is 4.06. The van der Waals surface area contributed by atoms with Gasteiger partial charge in [0.25, 0.3) is 0 Å². The van der Waals surface area contributed by atoms with Gasteiger partial charge in [-0.3, -0.25) is 0 Å².